The van der Waals surface area contributed by atoms with Crippen molar-refractivity contribution >= 4 is 0 Å². The molecule has 1 heterocycles. The van der Waals surface area contributed by atoms with E-state index in [2.05, 4.69) is 17.6 Å². The van der Waals surface area contributed by atoms with Crippen molar-refractivity contribution in [1.29, 1.82) is 0 Å². The molecule has 2 atom stereocenters. The monoisotopic (exact) mass is 158 g/mol. The summed E-state index contributed by atoms with van der Waals surface area (Å²) >= 11 is 0. The van der Waals surface area contributed by atoms with Gasteiger partial charge in [0.2, 0.25) is 0 Å². The van der Waals surface area contributed by atoms with Crippen LogP contribution in [0.15, 0.2) is 0 Å². The van der Waals surface area contributed by atoms with Gasteiger partial charge in [-0.05, 0) is 20.3 Å². The van der Waals surface area contributed by atoms with E-state index in [-0.39, 0.29) is 11.6 Å². The highest BCUT2D eigenvalue weighted by atomic mass is 16.3. The summed E-state index contributed by atoms with van der Waals surface area (Å²) in [6.45, 7) is 6.98. The maximum Gasteiger partial charge on any atom is 0.0530 e. The van der Waals surface area contributed by atoms with Gasteiger partial charge in [0.05, 0.1) is 6.10 Å². The van der Waals surface area contributed by atoms with E-state index in [1.807, 2.05) is 6.92 Å². The molecule has 1 aliphatic heterocycles. The number of hydrogen-bond donors (Lipinski definition) is 3. The Kier molecular flexibility index (Phi) is 2.87. The lowest BCUT2D eigenvalue weighted by molar-refractivity contribution is 0.130. The first kappa shape index (κ1) is 8.97. The molecule has 0 aromatic rings. The Morgan fingerprint density at radius 1 is 1.55 bits per heavy atom. The van der Waals surface area contributed by atoms with Crippen molar-refractivity contribution in [3.8, 4) is 0 Å². The zero-order valence-electron chi connectivity index (χ0n) is 7.35. The van der Waals surface area contributed by atoms with Crippen LogP contribution in [-0.2, 0) is 0 Å². The number of hydrogen-bond acceptors (Lipinski definition) is 3. The standard InChI is InChI=1S/C8H18N2O/c1-7(11)5-8(2)6-9-3-4-10-8/h7,9-11H,3-6H2,1-2H3/t7?,8-/m0/s1. The van der Waals surface area contributed by atoms with Crippen LogP contribution >= 0.6 is 0 Å². The first-order valence-corrected chi connectivity index (χ1v) is 4.26. The van der Waals surface area contributed by atoms with Gasteiger partial charge in [-0.15, -0.1) is 0 Å². The van der Waals surface area contributed by atoms with Crippen molar-refractivity contribution in [1.82, 2.24) is 10.6 Å². The van der Waals surface area contributed by atoms with Crippen LogP contribution in [0.4, 0.5) is 0 Å². The number of rotatable bonds is 2. The molecule has 3 nitrogen and oxygen atoms in total. The SMILES string of the molecule is CC(O)C[C@@]1(C)CNCCN1. The molecule has 0 amide bonds. The Labute approximate surface area is 68.2 Å². The van der Waals surface area contributed by atoms with Crippen molar-refractivity contribution in [2.24, 2.45) is 0 Å². The Bertz CT molecular complexity index is 119. The third kappa shape index (κ3) is 2.77. The van der Waals surface area contributed by atoms with Crippen LogP contribution in [0.3, 0.4) is 0 Å². The zero-order valence-corrected chi connectivity index (χ0v) is 7.35. The molecule has 1 fully saturated rings. The zero-order chi connectivity index (χ0) is 8.32. The molecule has 1 saturated heterocycles. The largest absolute Gasteiger partial charge is 0.393 e. The van der Waals surface area contributed by atoms with Gasteiger partial charge in [0.15, 0.2) is 0 Å². The molecule has 1 rings (SSSR count). The number of piperazine rings is 1. The van der Waals surface area contributed by atoms with Gasteiger partial charge in [0.1, 0.15) is 0 Å². The quantitative estimate of drug-likeness (QED) is 0.517. The van der Waals surface area contributed by atoms with E-state index < -0.39 is 0 Å². The fraction of sp³-hybridized carbons (Fsp3) is 1.00. The van der Waals surface area contributed by atoms with E-state index >= 15 is 0 Å². The molecule has 0 aliphatic carbocycles. The summed E-state index contributed by atoms with van der Waals surface area (Å²) in [6, 6.07) is 0. The minimum atomic E-state index is -0.215. The molecule has 66 valence electrons. The molecule has 1 unspecified atom stereocenters. The predicted molar refractivity (Wildman–Crippen MR) is 45.6 cm³/mol. The lowest BCUT2D eigenvalue weighted by Crippen LogP contribution is -2.58. The van der Waals surface area contributed by atoms with E-state index in [1.165, 1.54) is 0 Å². The van der Waals surface area contributed by atoms with Crippen molar-refractivity contribution in [2.75, 3.05) is 19.6 Å². The second kappa shape index (κ2) is 3.52. The normalized spacial score (nSPS) is 35.2. The van der Waals surface area contributed by atoms with E-state index in [0.29, 0.717) is 0 Å². The van der Waals surface area contributed by atoms with Gasteiger partial charge in [0.25, 0.3) is 0 Å². The Morgan fingerprint density at radius 3 is 2.73 bits per heavy atom. The minimum Gasteiger partial charge on any atom is -0.393 e. The van der Waals surface area contributed by atoms with Gasteiger partial charge in [-0.3, -0.25) is 0 Å². The van der Waals surface area contributed by atoms with Gasteiger partial charge in [-0.2, -0.15) is 0 Å². The summed E-state index contributed by atoms with van der Waals surface area (Å²) in [4.78, 5) is 0. The molecule has 0 aromatic carbocycles. The van der Waals surface area contributed by atoms with Crippen LogP contribution in [0.25, 0.3) is 0 Å². The predicted octanol–water partition coefficient (Wildman–Crippen LogP) is -0.291. The Balaban J connectivity index is 2.37. The summed E-state index contributed by atoms with van der Waals surface area (Å²) < 4.78 is 0. The van der Waals surface area contributed by atoms with Crippen molar-refractivity contribution in [3.63, 3.8) is 0 Å². The molecule has 0 aromatic heterocycles. The van der Waals surface area contributed by atoms with Crippen molar-refractivity contribution < 1.29 is 5.11 Å². The molecule has 0 saturated carbocycles. The first-order valence-electron chi connectivity index (χ1n) is 4.26. The third-order valence-corrected chi connectivity index (χ3v) is 2.11. The second-order valence-electron chi connectivity index (χ2n) is 3.72. The molecule has 0 spiro atoms. The van der Waals surface area contributed by atoms with E-state index in [1.54, 1.807) is 0 Å². The summed E-state index contributed by atoms with van der Waals surface area (Å²) in [5.74, 6) is 0. The van der Waals surface area contributed by atoms with E-state index in [0.717, 1.165) is 26.1 Å². The fourth-order valence-corrected chi connectivity index (χ4v) is 1.68. The lowest BCUT2D eigenvalue weighted by atomic mass is 9.93. The molecule has 1 aliphatic rings. The van der Waals surface area contributed by atoms with Crippen LogP contribution in [0.5, 0.6) is 0 Å². The molecular formula is C8H18N2O. The molecular weight excluding hydrogens is 140 g/mol. The van der Waals surface area contributed by atoms with Crippen LogP contribution < -0.4 is 10.6 Å². The van der Waals surface area contributed by atoms with Crippen LogP contribution in [-0.4, -0.2) is 36.4 Å². The van der Waals surface area contributed by atoms with Gasteiger partial charge in [0, 0.05) is 25.2 Å². The molecule has 0 radical (unpaired) electrons. The van der Waals surface area contributed by atoms with Crippen LogP contribution in [0, 0.1) is 0 Å². The highest BCUT2D eigenvalue weighted by molar-refractivity contribution is 4.90. The maximum atomic E-state index is 9.20. The van der Waals surface area contributed by atoms with Crippen LogP contribution in [0.2, 0.25) is 0 Å². The van der Waals surface area contributed by atoms with E-state index in [4.69, 9.17) is 0 Å². The number of aliphatic hydroxyl groups excluding tert-OH is 1. The smallest absolute Gasteiger partial charge is 0.0530 e. The van der Waals surface area contributed by atoms with Crippen molar-refractivity contribution in [2.45, 2.75) is 31.9 Å². The van der Waals surface area contributed by atoms with Crippen LogP contribution in [0.1, 0.15) is 20.3 Å². The average molecular weight is 158 g/mol. The molecule has 0 bridgehead atoms. The number of nitrogens with one attached hydrogen (secondary N) is 2. The second-order valence-corrected chi connectivity index (χ2v) is 3.72. The molecule has 3 N–H and O–H groups in total. The van der Waals surface area contributed by atoms with Gasteiger partial charge in [-0.25, -0.2) is 0 Å². The van der Waals surface area contributed by atoms with Gasteiger partial charge < -0.3 is 15.7 Å². The summed E-state index contributed by atoms with van der Waals surface area (Å²) in [5, 5.41) is 15.9. The molecule has 11 heavy (non-hydrogen) atoms. The fourth-order valence-electron chi connectivity index (χ4n) is 1.68. The minimum absolute atomic E-state index is 0.0897. The average Bonchev–Trinajstić information content (AvgIpc) is 1.85. The Morgan fingerprint density at radius 2 is 2.27 bits per heavy atom. The third-order valence-electron chi connectivity index (χ3n) is 2.11. The summed E-state index contributed by atoms with van der Waals surface area (Å²) in [5.41, 5.74) is 0.0897. The number of aliphatic hydroxyl groups is 1. The summed E-state index contributed by atoms with van der Waals surface area (Å²) in [7, 11) is 0. The highest BCUT2D eigenvalue weighted by Crippen LogP contribution is 2.12. The van der Waals surface area contributed by atoms with Crippen molar-refractivity contribution in [3.05, 3.63) is 0 Å². The molecule has 3 heteroatoms. The van der Waals surface area contributed by atoms with E-state index in [9.17, 15) is 5.11 Å². The Hall–Kier alpha value is -0.120. The first-order chi connectivity index (χ1) is 5.12. The highest BCUT2D eigenvalue weighted by Gasteiger charge is 2.26. The summed E-state index contributed by atoms with van der Waals surface area (Å²) in [6.07, 6.45) is 0.604. The van der Waals surface area contributed by atoms with Gasteiger partial charge >= 0.3 is 0 Å². The topological polar surface area (TPSA) is 44.3 Å². The van der Waals surface area contributed by atoms with Gasteiger partial charge in [-0.1, -0.05) is 0 Å². The maximum absolute atomic E-state index is 9.20. The lowest BCUT2D eigenvalue weighted by Gasteiger charge is -2.36.